The van der Waals surface area contributed by atoms with Crippen LogP contribution in [-0.2, 0) is 19.9 Å². The van der Waals surface area contributed by atoms with Crippen LogP contribution >= 0.6 is 11.3 Å². The lowest BCUT2D eigenvalue weighted by molar-refractivity contribution is -0.134. The van der Waals surface area contributed by atoms with E-state index in [1.54, 1.807) is 45.0 Å². The van der Waals surface area contributed by atoms with Crippen LogP contribution < -0.4 is 10.6 Å². The number of carbonyl (C=O) groups excluding carboxylic acids is 4. The molecule has 1 aromatic heterocycles. The van der Waals surface area contributed by atoms with Crippen LogP contribution in [0.4, 0.5) is 9.80 Å². The van der Waals surface area contributed by atoms with E-state index in [1.165, 1.54) is 11.3 Å². The molecule has 2 heterocycles. The topological polar surface area (TPSA) is 105 Å². The van der Waals surface area contributed by atoms with Gasteiger partial charge in [-0.05, 0) is 38.3 Å². The third kappa shape index (κ3) is 4.05. The first-order valence-electron chi connectivity index (χ1n) is 10.0. The summed E-state index contributed by atoms with van der Waals surface area (Å²) in [5, 5.41) is 5.76. The zero-order valence-corrected chi connectivity index (χ0v) is 18.7. The highest BCUT2D eigenvalue weighted by atomic mass is 32.1. The quantitative estimate of drug-likeness (QED) is 0.504. The molecule has 4 amide bonds. The molecule has 1 aromatic carbocycles. The summed E-state index contributed by atoms with van der Waals surface area (Å²) in [6.07, 6.45) is 0.343. The fourth-order valence-electron chi connectivity index (χ4n) is 3.61. The summed E-state index contributed by atoms with van der Waals surface area (Å²) in [6, 6.07) is 8.32. The van der Waals surface area contributed by atoms with Crippen LogP contribution in [0.25, 0.3) is 0 Å². The molecule has 0 aliphatic carbocycles. The van der Waals surface area contributed by atoms with Gasteiger partial charge in [0.05, 0.1) is 12.2 Å². The molecule has 1 aliphatic heterocycles. The molecule has 8 nitrogen and oxygen atoms in total. The number of esters is 1. The Kier molecular flexibility index (Phi) is 6.45. The summed E-state index contributed by atoms with van der Waals surface area (Å²) in [7, 11) is 0. The van der Waals surface area contributed by atoms with E-state index in [0.29, 0.717) is 22.5 Å². The van der Waals surface area contributed by atoms with Gasteiger partial charge in [0.15, 0.2) is 0 Å². The first-order chi connectivity index (χ1) is 14.7. The van der Waals surface area contributed by atoms with Crippen molar-refractivity contribution >= 4 is 40.2 Å². The molecular weight excluding hydrogens is 418 g/mol. The normalized spacial score (nSPS) is 18.1. The number of anilines is 1. The van der Waals surface area contributed by atoms with Gasteiger partial charge in [-0.25, -0.2) is 9.59 Å². The maximum absolute atomic E-state index is 13.2. The monoisotopic (exact) mass is 443 g/mol. The summed E-state index contributed by atoms with van der Waals surface area (Å²) in [6.45, 7) is 6.87. The van der Waals surface area contributed by atoms with Gasteiger partial charge in [-0.2, -0.15) is 0 Å². The summed E-state index contributed by atoms with van der Waals surface area (Å²) < 4.78 is 5.09. The second-order valence-corrected chi connectivity index (χ2v) is 8.43. The molecule has 1 fully saturated rings. The molecule has 2 aromatic rings. The molecule has 1 aliphatic rings. The summed E-state index contributed by atoms with van der Waals surface area (Å²) in [4.78, 5) is 52.6. The number of amides is 4. The molecule has 31 heavy (non-hydrogen) atoms. The molecule has 3 rings (SSSR count). The van der Waals surface area contributed by atoms with Crippen molar-refractivity contribution in [1.29, 1.82) is 0 Å². The maximum Gasteiger partial charge on any atom is 0.341 e. The lowest BCUT2D eigenvalue weighted by Crippen LogP contribution is -2.44. The molecule has 0 bridgehead atoms. The van der Waals surface area contributed by atoms with E-state index < -0.39 is 35.9 Å². The third-order valence-electron chi connectivity index (χ3n) is 5.39. The van der Waals surface area contributed by atoms with Crippen LogP contribution in [-0.4, -0.2) is 41.9 Å². The van der Waals surface area contributed by atoms with Gasteiger partial charge in [0, 0.05) is 4.88 Å². The van der Waals surface area contributed by atoms with E-state index in [-0.39, 0.29) is 6.61 Å². The van der Waals surface area contributed by atoms with E-state index >= 15 is 0 Å². The van der Waals surface area contributed by atoms with Crippen molar-refractivity contribution in [2.24, 2.45) is 0 Å². The second kappa shape index (κ2) is 8.89. The van der Waals surface area contributed by atoms with Crippen molar-refractivity contribution in [1.82, 2.24) is 10.2 Å². The molecule has 9 heteroatoms. The van der Waals surface area contributed by atoms with E-state index in [4.69, 9.17) is 4.74 Å². The molecule has 0 spiro atoms. The van der Waals surface area contributed by atoms with Crippen LogP contribution in [0.15, 0.2) is 30.3 Å². The van der Waals surface area contributed by atoms with Crippen LogP contribution in [0.2, 0.25) is 0 Å². The summed E-state index contributed by atoms with van der Waals surface area (Å²) in [5.41, 5.74) is 0.475. The van der Waals surface area contributed by atoms with Crippen molar-refractivity contribution in [2.45, 2.75) is 39.7 Å². The molecule has 164 valence electrons. The highest BCUT2D eigenvalue weighted by Crippen LogP contribution is 2.34. The molecule has 2 N–H and O–H groups in total. The fourth-order valence-corrected chi connectivity index (χ4v) is 4.67. The molecule has 1 atom stereocenters. The van der Waals surface area contributed by atoms with Gasteiger partial charge in [-0.3, -0.25) is 14.5 Å². The Bertz CT molecular complexity index is 1030. The predicted octanol–water partition coefficient (Wildman–Crippen LogP) is 3.34. The van der Waals surface area contributed by atoms with Crippen LogP contribution in [0.3, 0.4) is 0 Å². The Morgan fingerprint density at radius 1 is 1.16 bits per heavy atom. The van der Waals surface area contributed by atoms with E-state index in [2.05, 4.69) is 10.6 Å². The zero-order chi connectivity index (χ0) is 22.8. The van der Waals surface area contributed by atoms with Crippen LogP contribution in [0.5, 0.6) is 0 Å². The first kappa shape index (κ1) is 22.5. The lowest BCUT2D eigenvalue weighted by Gasteiger charge is -2.25. The van der Waals surface area contributed by atoms with Crippen molar-refractivity contribution in [3.05, 3.63) is 51.9 Å². The largest absolute Gasteiger partial charge is 0.462 e. The maximum atomic E-state index is 13.2. The standard InChI is InChI=1S/C22H25N3O5S/c1-5-22(15-10-8-7-9-11-15)20(28)25(21(29)24-22)12-16(26)23-18-17(19(27)30-6-2)13(3)14(4)31-18/h7-11H,5-6,12H2,1-4H3,(H,23,26)(H,24,29). The number of nitrogens with zero attached hydrogens (tertiary/aromatic N) is 1. The Labute approximate surface area is 184 Å². The fraction of sp³-hybridized carbons (Fsp3) is 0.364. The van der Waals surface area contributed by atoms with Gasteiger partial charge in [-0.15, -0.1) is 11.3 Å². The highest BCUT2D eigenvalue weighted by Gasteiger charge is 2.51. The molecule has 0 saturated carbocycles. The predicted molar refractivity (Wildman–Crippen MR) is 117 cm³/mol. The average molecular weight is 444 g/mol. The number of thiophene rings is 1. The zero-order valence-electron chi connectivity index (χ0n) is 17.9. The number of urea groups is 1. The average Bonchev–Trinajstić information content (AvgIpc) is 3.16. The third-order valence-corrected chi connectivity index (χ3v) is 6.51. The first-order valence-corrected chi connectivity index (χ1v) is 10.8. The number of benzene rings is 1. The Balaban J connectivity index is 1.80. The smallest absolute Gasteiger partial charge is 0.341 e. The number of hydrogen-bond acceptors (Lipinski definition) is 6. The van der Waals surface area contributed by atoms with E-state index in [1.807, 2.05) is 13.0 Å². The van der Waals surface area contributed by atoms with Crippen LogP contribution in [0, 0.1) is 13.8 Å². The lowest BCUT2D eigenvalue weighted by atomic mass is 9.87. The van der Waals surface area contributed by atoms with Crippen molar-refractivity contribution < 1.29 is 23.9 Å². The second-order valence-electron chi connectivity index (χ2n) is 7.20. The Hall–Kier alpha value is -3.20. The van der Waals surface area contributed by atoms with Crippen molar-refractivity contribution in [2.75, 3.05) is 18.5 Å². The minimum atomic E-state index is -1.20. The summed E-state index contributed by atoms with van der Waals surface area (Å²) in [5.74, 6) is -1.58. The molecular formula is C22H25N3O5S. The number of hydrogen-bond donors (Lipinski definition) is 2. The highest BCUT2D eigenvalue weighted by molar-refractivity contribution is 7.16. The van der Waals surface area contributed by atoms with Gasteiger partial charge in [-0.1, -0.05) is 37.3 Å². The number of ether oxygens (including phenoxy) is 1. The summed E-state index contributed by atoms with van der Waals surface area (Å²) >= 11 is 1.25. The number of carbonyl (C=O) groups is 4. The molecule has 1 saturated heterocycles. The number of rotatable bonds is 7. The van der Waals surface area contributed by atoms with Crippen molar-refractivity contribution in [3.63, 3.8) is 0 Å². The van der Waals surface area contributed by atoms with Gasteiger partial charge in [0.2, 0.25) is 5.91 Å². The minimum absolute atomic E-state index is 0.210. The number of aryl methyl sites for hydroxylation is 1. The van der Waals surface area contributed by atoms with Gasteiger partial charge in [0.1, 0.15) is 17.1 Å². The van der Waals surface area contributed by atoms with Gasteiger partial charge < -0.3 is 15.4 Å². The van der Waals surface area contributed by atoms with Crippen LogP contribution in [0.1, 0.15) is 46.6 Å². The SMILES string of the molecule is CCOC(=O)c1c(NC(=O)CN2C(=O)NC(CC)(c3ccccc3)C2=O)sc(C)c1C. The number of imide groups is 1. The van der Waals surface area contributed by atoms with Crippen molar-refractivity contribution in [3.8, 4) is 0 Å². The molecule has 0 radical (unpaired) electrons. The Morgan fingerprint density at radius 3 is 2.45 bits per heavy atom. The van der Waals surface area contributed by atoms with Gasteiger partial charge >= 0.3 is 12.0 Å². The Morgan fingerprint density at radius 2 is 1.84 bits per heavy atom. The van der Waals surface area contributed by atoms with E-state index in [9.17, 15) is 19.2 Å². The van der Waals surface area contributed by atoms with E-state index in [0.717, 1.165) is 15.3 Å². The molecule has 1 unspecified atom stereocenters. The van der Waals surface area contributed by atoms with Gasteiger partial charge in [0.25, 0.3) is 5.91 Å². The number of nitrogens with one attached hydrogen (secondary N) is 2. The minimum Gasteiger partial charge on any atom is -0.462 e.